The summed E-state index contributed by atoms with van der Waals surface area (Å²) in [7, 11) is 1.63. The van der Waals surface area contributed by atoms with E-state index in [9.17, 15) is 4.79 Å². The van der Waals surface area contributed by atoms with Crippen molar-refractivity contribution in [3.05, 3.63) is 78.0 Å². The van der Waals surface area contributed by atoms with Gasteiger partial charge in [0.15, 0.2) is 0 Å². The molecule has 0 aliphatic rings. The van der Waals surface area contributed by atoms with Crippen molar-refractivity contribution in [1.29, 1.82) is 0 Å². The van der Waals surface area contributed by atoms with Crippen LogP contribution in [-0.4, -0.2) is 29.3 Å². The van der Waals surface area contributed by atoms with Gasteiger partial charge in [-0.3, -0.25) is 4.79 Å². The first kappa shape index (κ1) is 21.2. The largest absolute Gasteiger partial charge is 0.497 e. The molecule has 6 nitrogen and oxygen atoms in total. The van der Waals surface area contributed by atoms with Gasteiger partial charge in [-0.2, -0.15) is 5.10 Å². The summed E-state index contributed by atoms with van der Waals surface area (Å²) < 4.78 is 13.4. The number of amides is 1. The molecule has 6 heteroatoms. The molecule has 0 aliphatic carbocycles. The maximum Gasteiger partial charge on any atom is 0.226 e. The van der Waals surface area contributed by atoms with Crippen LogP contribution in [0.25, 0.3) is 5.69 Å². The third-order valence-corrected chi connectivity index (χ3v) is 4.80. The number of aromatic nitrogens is 2. The molecule has 1 heterocycles. The van der Waals surface area contributed by atoms with Crippen LogP contribution in [0.2, 0.25) is 0 Å². The van der Waals surface area contributed by atoms with E-state index in [-0.39, 0.29) is 5.91 Å². The summed E-state index contributed by atoms with van der Waals surface area (Å²) in [4.78, 5) is 12.1. The minimum atomic E-state index is -0.0339. The SMILES string of the molecule is C=CCNC(=O)CCc1c(C)nn(-c2ccc(OC)cc2)c1Oc1ccccc1C. The molecule has 30 heavy (non-hydrogen) atoms. The molecule has 0 unspecified atom stereocenters. The average molecular weight is 405 g/mol. The van der Waals surface area contributed by atoms with E-state index in [0.717, 1.165) is 34.0 Å². The lowest BCUT2D eigenvalue weighted by Crippen LogP contribution is -2.23. The fraction of sp³-hybridized carbons (Fsp3) is 0.250. The Bertz CT molecular complexity index is 1020. The minimum absolute atomic E-state index is 0.0339. The van der Waals surface area contributed by atoms with E-state index in [1.807, 2.05) is 62.4 Å². The van der Waals surface area contributed by atoms with Crippen molar-refractivity contribution in [3.8, 4) is 23.1 Å². The van der Waals surface area contributed by atoms with Crippen LogP contribution in [0.4, 0.5) is 0 Å². The Morgan fingerprint density at radius 1 is 1.17 bits per heavy atom. The summed E-state index contributed by atoms with van der Waals surface area (Å²) in [6, 6.07) is 15.5. The van der Waals surface area contributed by atoms with Gasteiger partial charge in [0.1, 0.15) is 11.5 Å². The van der Waals surface area contributed by atoms with E-state index in [1.54, 1.807) is 17.9 Å². The molecular weight excluding hydrogens is 378 g/mol. The standard InChI is InChI=1S/C24H27N3O3/c1-5-16-25-23(28)15-14-21-18(3)26-27(19-10-12-20(29-4)13-11-19)24(21)30-22-9-7-6-8-17(22)2/h5-13H,1,14-16H2,2-4H3,(H,25,28). The fourth-order valence-electron chi connectivity index (χ4n) is 3.12. The van der Waals surface area contributed by atoms with Crippen LogP contribution >= 0.6 is 0 Å². The molecule has 2 aromatic carbocycles. The summed E-state index contributed by atoms with van der Waals surface area (Å²) in [5.41, 5.74) is 3.60. The Labute approximate surface area is 177 Å². The molecule has 3 rings (SSSR count). The van der Waals surface area contributed by atoms with Gasteiger partial charge in [0.25, 0.3) is 0 Å². The second kappa shape index (κ2) is 9.78. The van der Waals surface area contributed by atoms with Gasteiger partial charge in [0.05, 0.1) is 18.5 Å². The van der Waals surface area contributed by atoms with Crippen molar-refractivity contribution in [1.82, 2.24) is 15.1 Å². The molecular formula is C24H27N3O3. The van der Waals surface area contributed by atoms with E-state index >= 15 is 0 Å². The average Bonchev–Trinajstić information content (AvgIpc) is 3.07. The van der Waals surface area contributed by atoms with E-state index in [2.05, 4.69) is 11.9 Å². The summed E-state index contributed by atoms with van der Waals surface area (Å²) in [5.74, 6) is 2.10. The number of hydrogen-bond donors (Lipinski definition) is 1. The number of nitrogens with zero attached hydrogens (tertiary/aromatic N) is 2. The highest BCUT2D eigenvalue weighted by atomic mass is 16.5. The number of carbonyl (C=O) groups is 1. The smallest absolute Gasteiger partial charge is 0.226 e. The zero-order chi connectivity index (χ0) is 21.5. The van der Waals surface area contributed by atoms with Gasteiger partial charge >= 0.3 is 0 Å². The van der Waals surface area contributed by atoms with Crippen molar-refractivity contribution in [2.75, 3.05) is 13.7 Å². The minimum Gasteiger partial charge on any atom is -0.497 e. The van der Waals surface area contributed by atoms with Crippen LogP contribution in [0, 0.1) is 13.8 Å². The summed E-state index contributed by atoms with van der Waals surface area (Å²) in [6.45, 7) is 8.01. The predicted molar refractivity (Wildman–Crippen MR) is 118 cm³/mol. The Morgan fingerprint density at radius 2 is 1.90 bits per heavy atom. The number of benzene rings is 2. The Kier molecular flexibility index (Phi) is 6.91. The maximum atomic E-state index is 12.1. The zero-order valence-electron chi connectivity index (χ0n) is 17.6. The molecule has 0 radical (unpaired) electrons. The third-order valence-electron chi connectivity index (χ3n) is 4.80. The Balaban J connectivity index is 1.98. The molecule has 1 N–H and O–H groups in total. The van der Waals surface area contributed by atoms with Gasteiger partial charge < -0.3 is 14.8 Å². The topological polar surface area (TPSA) is 65.4 Å². The molecule has 1 aromatic heterocycles. The number of rotatable bonds is 9. The van der Waals surface area contributed by atoms with Crippen molar-refractivity contribution < 1.29 is 14.3 Å². The molecule has 0 fully saturated rings. The van der Waals surface area contributed by atoms with Gasteiger partial charge in [0, 0.05) is 18.5 Å². The highest BCUT2D eigenvalue weighted by molar-refractivity contribution is 5.76. The summed E-state index contributed by atoms with van der Waals surface area (Å²) in [5, 5.41) is 7.52. The van der Waals surface area contributed by atoms with Gasteiger partial charge in [-0.25, -0.2) is 4.68 Å². The Hall–Kier alpha value is -3.54. The van der Waals surface area contributed by atoms with Crippen LogP contribution in [0.15, 0.2) is 61.2 Å². The lowest BCUT2D eigenvalue weighted by molar-refractivity contribution is -0.120. The second-order valence-electron chi connectivity index (χ2n) is 6.94. The summed E-state index contributed by atoms with van der Waals surface area (Å²) >= 11 is 0. The van der Waals surface area contributed by atoms with Crippen LogP contribution in [0.3, 0.4) is 0 Å². The molecule has 156 valence electrons. The predicted octanol–water partition coefficient (Wildman–Crippen LogP) is 4.52. The van der Waals surface area contributed by atoms with E-state index in [0.29, 0.717) is 25.3 Å². The lowest BCUT2D eigenvalue weighted by Gasteiger charge is -2.13. The zero-order valence-corrected chi connectivity index (χ0v) is 17.6. The van der Waals surface area contributed by atoms with Gasteiger partial charge in [-0.1, -0.05) is 24.3 Å². The van der Waals surface area contributed by atoms with E-state index in [4.69, 9.17) is 14.6 Å². The number of hydrogen-bond acceptors (Lipinski definition) is 4. The quantitative estimate of drug-likeness (QED) is 0.532. The molecule has 3 aromatic rings. The van der Waals surface area contributed by atoms with E-state index < -0.39 is 0 Å². The fourth-order valence-corrected chi connectivity index (χ4v) is 3.12. The second-order valence-corrected chi connectivity index (χ2v) is 6.94. The normalized spacial score (nSPS) is 10.5. The summed E-state index contributed by atoms with van der Waals surface area (Å²) in [6.07, 6.45) is 2.52. The molecule has 1 amide bonds. The van der Waals surface area contributed by atoms with Gasteiger partial charge in [0.2, 0.25) is 11.8 Å². The highest BCUT2D eigenvalue weighted by Gasteiger charge is 2.20. The number of aryl methyl sites for hydroxylation is 2. The van der Waals surface area contributed by atoms with Gasteiger partial charge in [-0.15, -0.1) is 6.58 Å². The van der Waals surface area contributed by atoms with Crippen LogP contribution in [-0.2, 0) is 11.2 Å². The first-order chi connectivity index (χ1) is 14.5. The van der Waals surface area contributed by atoms with Crippen molar-refractivity contribution in [3.63, 3.8) is 0 Å². The maximum absolute atomic E-state index is 12.1. The van der Waals surface area contributed by atoms with Gasteiger partial charge in [-0.05, 0) is 56.2 Å². The van der Waals surface area contributed by atoms with Crippen molar-refractivity contribution in [2.45, 2.75) is 26.7 Å². The molecule has 0 spiro atoms. The van der Waals surface area contributed by atoms with Crippen molar-refractivity contribution in [2.24, 2.45) is 0 Å². The number of carbonyl (C=O) groups excluding carboxylic acids is 1. The molecule has 0 saturated heterocycles. The Morgan fingerprint density at radius 3 is 2.57 bits per heavy atom. The van der Waals surface area contributed by atoms with E-state index in [1.165, 1.54) is 0 Å². The first-order valence-corrected chi connectivity index (χ1v) is 9.87. The van der Waals surface area contributed by atoms with Crippen LogP contribution in [0.1, 0.15) is 23.2 Å². The van der Waals surface area contributed by atoms with Crippen LogP contribution in [0.5, 0.6) is 17.4 Å². The van der Waals surface area contributed by atoms with Crippen molar-refractivity contribution >= 4 is 5.91 Å². The number of methoxy groups -OCH3 is 1. The lowest BCUT2D eigenvalue weighted by atomic mass is 10.1. The molecule has 0 aliphatic heterocycles. The first-order valence-electron chi connectivity index (χ1n) is 9.87. The number of nitrogens with one attached hydrogen (secondary N) is 1. The number of ether oxygens (including phenoxy) is 2. The number of para-hydroxylation sites is 1. The monoisotopic (exact) mass is 405 g/mol. The molecule has 0 atom stereocenters. The third kappa shape index (κ3) is 4.89. The molecule has 0 bridgehead atoms. The highest BCUT2D eigenvalue weighted by Crippen LogP contribution is 2.33. The van der Waals surface area contributed by atoms with Crippen LogP contribution < -0.4 is 14.8 Å². The molecule has 0 saturated carbocycles.